The molecule has 124 valence electrons. The van der Waals surface area contributed by atoms with Crippen LogP contribution in [0.15, 0.2) is 42.9 Å². The summed E-state index contributed by atoms with van der Waals surface area (Å²) in [5, 5.41) is 4.28. The Bertz CT molecular complexity index is 845. The van der Waals surface area contributed by atoms with Crippen molar-refractivity contribution in [2.24, 2.45) is 5.92 Å². The van der Waals surface area contributed by atoms with Crippen molar-refractivity contribution in [2.75, 3.05) is 0 Å². The Morgan fingerprint density at radius 1 is 1.21 bits per heavy atom. The summed E-state index contributed by atoms with van der Waals surface area (Å²) in [6.07, 6.45) is 10.3. The van der Waals surface area contributed by atoms with E-state index < -0.39 is 0 Å². The average molecular weight is 339 g/mol. The Hall–Kier alpha value is -2.14. The summed E-state index contributed by atoms with van der Waals surface area (Å²) in [7, 11) is 0. The van der Waals surface area contributed by atoms with Crippen LogP contribution < -0.4 is 5.32 Å². The first-order chi connectivity index (χ1) is 11.7. The largest absolute Gasteiger partial charge is 0.349 e. The fraction of sp³-hybridized carbons (Fsp3) is 0.368. The van der Waals surface area contributed by atoms with Gasteiger partial charge in [-0.25, -0.2) is 4.98 Å². The molecule has 1 aliphatic carbocycles. The van der Waals surface area contributed by atoms with Gasteiger partial charge in [-0.15, -0.1) is 11.3 Å². The van der Waals surface area contributed by atoms with Crippen molar-refractivity contribution in [3.8, 4) is 5.69 Å². The third kappa shape index (κ3) is 2.84. The maximum Gasteiger partial charge on any atom is 0.263 e. The van der Waals surface area contributed by atoms with Gasteiger partial charge in [0.05, 0.1) is 5.69 Å². The van der Waals surface area contributed by atoms with Crippen LogP contribution in [0.4, 0.5) is 0 Å². The maximum absolute atomic E-state index is 12.9. The second-order valence-electron chi connectivity index (χ2n) is 6.66. The molecule has 4 nitrogen and oxygen atoms in total. The van der Waals surface area contributed by atoms with Crippen LogP contribution in [0.1, 0.15) is 42.3 Å². The van der Waals surface area contributed by atoms with Crippen LogP contribution in [-0.4, -0.2) is 21.5 Å². The van der Waals surface area contributed by atoms with E-state index in [2.05, 4.69) is 17.2 Å². The molecule has 0 atom stereocenters. The molecule has 1 N–H and O–H groups in total. The highest BCUT2D eigenvalue weighted by Gasteiger charge is 2.24. The van der Waals surface area contributed by atoms with Crippen molar-refractivity contribution in [3.05, 3.63) is 47.7 Å². The first kappa shape index (κ1) is 15.4. The zero-order valence-corrected chi connectivity index (χ0v) is 14.6. The number of pyridine rings is 1. The Balaban J connectivity index is 1.68. The van der Waals surface area contributed by atoms with Gasteiger partial charge in [-0.1, -0.05) is 6.92 Å². The van der Waals surface area contributed by atoms with Gasteiger partial charge >= 0.3 is 0 Å². The number of nitrogens with zero attached hydrogens (tertiary/aromatic N) is 2. The van der Waals surface area contributed by atoms with E-state index >= 15 is 0 Å². The standard InChI is InChI=1S/C19H21N3OS/c1-13-6-8-14(9-7-13)21-18(23)17-16(22-11-2-3-12-22)15-5-4-10-20-19(15)24-17/h2-5,10-14H,6-9H2,1H3,(H,21,23). The van der Waals surface area contributed by atoms with Crippen LogP contribution in [0.2, 0.25) is 0 Å². The van der Waals surface area contributed by atoms with E-state index in [-0.39, 0.29) is 5.91 Å². The second kappa shape index (κ2) is 6.40. The predicted molar refractivity (Wildman–Crippen MR) is 97.8 cm³/mol. The lowest BCUT2D eigenvalue weighted by Crippen LogP contribution is -2.37. The van der Waals surface area contributed by atoms with Crippen molar-refractivity contribution >= 4 is 27.5 Å². The number of rotatable bonds is 3. The molecule has 1 aliphatic rings. The molecular formula is C19H21N3OS. The molecule has 0 saturated heterocycles. The van der Waals surface area contributed by atoms with Gasteiger partial charge < -0.3 is 9.88 Å². The summed E-state index contributed by atoms with van der Waals surface area (Å²) < 4.78 is 2.01. The number of carbonyl (C=O) groups is 1. The quantitative estimate of drug-likeness (QED) is 0.769. The number of carbonyl (C=O) groups excluding carboxylic acids is 1. The molecule has 0 unspecified atom stereocenters. The number of amides is 1. The monoisotopic (exact) mass is 339 g/mol. The van der Waals surface area contributed by atoms with Crippen LogP contribution in [0.5, 0.6) is 0 Å². The number of fused-ring (bicyclic) bond motifs is 1. The molecule has 0 aliphatic heterocycles. The smallest absolute Gasteiger partial charge is 0.263 e. The van der Waals surface area contributed by atoms with E-state index in [1.807, 2.05) is 41.2 Å². The minimum absolute atomic E-state index is 0.0289. The van der Waals surface area contributed by atoms with Crippen molar-refractivity contribution in [3.63, 3.8) is 0 Å². The molecule has 5 heteroatoms. The molecule has 0 spiro atoms. The van der Waals surface area contributed by atoms with Crippen molar-refractivity contribution in [1.29, 1.82) is 0 Å². The molecule has 0 radical (unpaired) electrons. The predicted octanol–water partition coefficient (Wildman–Crippen LogP) is 4.40. The van der Waals surface area contributed by atoms with Crippen LogP contribution >= 0.6 is 11.3 Å². The number of hydrogen-bond acceptors (Lipinski definition) is 3. The Labute approximate surface area is 145 Å². The van der Waals surface area contributed by atoms with E-state index in [0.29, 0.717) is 6.04 Å². The number of thiophene rings is 1. The van der Waals surface area contributed by atoms with Gasteiger partial charge in [-0.05, 0) is 55.9 Å². The van der Waals surface area contributed by atoms with E-state index in [1.54, 1.807) is 6.20 Å². The zero-order valence-electron chi connectivity index (χ0n) is 13.7. The second-order valence-corrected chi connectivity index (χ2v) is 7.66. The molecule has 3 aromatic heterocycles. The molecule has 1 saturated carbocycles. The molecule has 3 aromatic rings. The van der Waals surface area contributed by atoms with Crippen molar-refractivity contribution < 1.29 is 4.79 Å². The Kier molecular flexibility index (Phi) is 4.10. The molecule has 0 bridgehead atoms. The lowest BCUT2D eigenvalue weighted by Gasteiger charge is -2.26. The Morgan fingerprint density at radius 3 is 2.71 bits per heavy atom. The maximum atomic E-state index is 12.9. The van der Waals surface area contributed by atoms with Gasteiger partial charge in [0.25, 0.3) is 5.91 Å². The van der Waals surface area contributed by atoms with Gasteiger partial charge in [0, 0.05) is 30.0 Å². The van der Waals surface area contributed by atoms with Gasteiger partial charge in [0.15, 0.2) is 0 Å². The van der Waals surface area contributed by atoms with Crippen LogP contribution in [0.3, 0.4) is 0 Å². The minimum Gasteiger partial charge on any atom is -0.349 e. The molecule has 0 aromatic carbocycles. The van der Waals surface area contributed by atoms with Crippen molar-refractivity contribution in [2.45, 2.75) is 38.6 Å². The highest BCUT2D eigenvalue weighted by molar-refractivity contribution is 7.21. The zero-order chi connectivity index (χ0) is 16.5. The summed E-state index contributed by atoms with van der Waals surface area (Å²) >= 11 is 1.48. The number of hydrogen-bond donors (Lipinski definition) is 1. The van der Waals surface area contributed by atoms with E-state index in [0.717, 1.165) is 39.5 Å². The van der Waals surface area contributed by atoms with Gasteiger partial charge in [0.1, 0.15) is 9.71 Å². The Morgan fingerprint density at radius 2 is 1.96 bits per heavy atom. The summed E-state index contributed by atoms with van der Waals surface area (Å²) in [6, 6.07) is 8.21. The molecule has 1 amide bonds. The molecular weight excluding hydrogens is 318 g/mol. The molecule has 3 heterocycles. The fourth-order valence-electron chi connectivity index (χ4n) is 3.47. The molecule has 1 fully saturated rings. The first-order valence-corrected chi connectivity index (χ1v) is 9.36. The van der Waals surface area contributed by atoms with E-state index in [1.165, 1.54) is 24.2 Å². The molecule has 24 heavy (non-hydrogen) atoms. The highest BCUT2D eigenvalue weighted by atomic mass is 32.1. The SMILES string of the molecule is CC1CCC(NC(=O)c2sc3ncccc3c2-n2cccc2)CC1. The summed E-state index contributed by atoms with van der Waals surface area (Å²) in [5.74, 6) is 0.809. The fourth-order valence-corrected chi connectivity index (χ4v) is 4.51. The normalized spacial score (nSPS) is 21.0. The number of aromatic nitrogens is 2. The summed E-state index contributed by atoms with van der Waals surface area (Å²) in [5.41, 5.74) is 0.940. The third-order valence-electron chi connectivity index (χ3n) is 4.86. The lowest BCUT2D eigenvalue weighted by atomic mass is 9.87. The van der Waals surface area contributed by atoms with Crippen LogP contribution in [-0.2, 0) is 0 Å². The van der Waals surface area contributed by atoms with Gasteiger partial charge in [-0.2, -0.15) is 0 Å². The summed E-state index contributed by atoms with van der Waals surface area (Å²) in [4.78, 5) is 19.0. The van der Waals surface area contributed by atoms with Gasteiger partial charge in [0.2, 0.25) is 0 Å². The summed E-state index contributed by atoms with van der Waals surface area (Å²) in [6.45, 7) is 2.29. The molecule has 4 rings (SSSR count). The van der Waals surface area contributed by atoms with E-state index in [9.17, 15) is 4.79 Å². The van der Waals surface area contributed by atoms with Crippen LogP contribution in [0.25, 0.3) is 15.9 Å². The van der Waals surface area contributed by atoms with Gasteiger partial charge in [-0.3, -0.25) is 4.79 Å². The van der Waals surface area contributed by atoms with E-state index in [4.69, 9.17) is 0 Å². The number of nitrogens with one attached hydrogen (secondary N) is 1. The van der Waals surface area contributed by atoms with Crippen LogP contribution in [0, 0.1) is 5.92 Å². The third-order valence-corrected chi connectivity index (χ3v) is 5.96. The average Bonchev–Trinajstić information content (AvgIpc) is 3.23. The first-order valence-electron chi connectivity index (χ1n) is 8.54. The lowest BCUT2D eigenvalue weighted by molar-refractivity contribution is 0.0927. The topological polar surface area (TPSA) is 46.9 Å². The van der Waals surface area contributed by atoms with Crippen molar-refractivity contribution in [1.82, 2.24) is 14.9 Å². The highest BCUT2D eigenvalue weighted by Crippen LogP contribution is 2.33. The minimum atomic E-state index is 0.0289.